The Bertz CT molecular complexity index is 447. The maximum atomic E-state index is 11.3. The molecule has 6 heteroatoms. The average Bonchev–Trinajstić information content (AvgIpc) is 2.28. The summed E-state index contributed by atoms with van der Waals surface area (Å²) in [6.45, 7) is 0. The molecule has 0 aromatic heterocycles. The van der Waals surface area contributed by atoms with Crippen LogP contribution in [0.3, 0.4) is 0 Å². The van der Waals surface area contributed by atoms with E-state index in [1.807, 2.05) is 0 Å². The Hall–Kier alpha value is -1.04. The lowest BCUT2D eigenvalue weighted by atomic mass is 9.98. The van der Waals surface area contributed by atoms with Crippen molar-refractivity contribution in [1.29, 1.82) is 0 Å². The van der Waals surface area contributed by atoms with Gasteiger partial charge in [-0.15, -0.1) is 24.2 Å². The lowest BCUT2D eigenvalue weighted by Crippen LogP contribution is -2.15. The van der Waals surface area contributed by atoms with Crippen molar-refractivity contribution in [3.05, 3.63) is 29.3 Å². The van der Waals surface area contributed by atoms with Crippen LogP contribution in [-0.4, -0.2) is 27.8 Å². The largest absolute Gasteiger partial charge is 0.479 e. The van der Waals surface area contributed by atoms with Crippen molar-refractivity contribution in [3.63, 3.8) is 0 Å². The van der Waals surface area contributed by atoms with Crippen molar-refractivity contribution in [2.75, 3.05) is 5.88 Å². The van der Waals surface area contributed by atoms with Crippen molar-refractivity contribution in [2.45, 2.75) is 17.4 Å². The van der Waals surface area contributed by atoms with Crippen LogP contribution in [-0.2, 0) is 16.0 Å². The van der Waals surface area contributed by atoms with Crippen LogP contribution in [0, 0.1) is 0 Å². The number of halogens is 1. The van der Waals surface area contributed by atoms with Crippen LogP contribution in [0.1, 0.15) is 17.2 Å². The Morgan fingerprint density at radius 2 is 2.06 bits per heavy atom. The van der Waals surface area contributed by atoms with Crippen molar-refractivity contribution in [1.82, 2.24) is 0 Å². The van der Waals surface area contributed by atoms with Crippen LogP contribution >= 0.6 is 24.2 Å². The zero-order valence-corrected chi connectivity index (χ0v) is 10.4. The first-order chi connectivity index (χ1) is 7.97. The molecule has 0 aliphatic heterocycles. The number of Topliss-reactive ketones (excluding diaryl/α,β-unsaturated/α-hetero) is 1. The highest BCUT2D eigenvalue weighted by molar-refractivity contribution is 7.80. The maximum Gasteiger partial charge on any atom is 0.337 e. The Labute approximate surface area is 109 Å². The van der Waals surface area contributed by atoms with E-state index in [2.05, 4.69) is 12.6 Å². The van der Waals surface area contributed by atoms with Crippen molar-refractivity contribution in [3.8, 4) is 0 Å². The number of carboxylic acids is 1. The van der Waals surface area contributed by atoms with Crippen molar-refractivity contribution >= 4 is 36.0 Å². The molecule has 0 saturated carbocycles. The van der Waals surface area contributed by atoms with Crippen LogP contribution in [0.25, 0.3) is 0 Å². The molecule has 1 aromatic rings. The number of carbonyl (C=O) groups excluding carboxylic acids is 1. The van der Waals surface area contributed by atoms with Crippen LogP contribution in [0.5, 0.6) is 0 Å². The molecule has 92 valence electrons. The van der Waals surface area contributed by atoms with E-state index < -0.39 is 12.1 Å². The lowest BCUT2D eigenvalue weighted by Gasteiger charge is -2.14. The third kappa shape index (κ3) is 3.46. The van der Waals surface area contributed by atoms with Gasteiger partial charge in [-0.25, -0.2) is 4.79 Å². The second kappa shape index (κ2) is 6.05. The van der Waals surface area contributed by atoms with E-state index in [0.717, 1.165) is 0 Å². The number of ketones is 1. The summed E-state index contributed by atoms with van der Waals surface area (Å²) in [4.78, 5) is 22.3. The average molecular weight is 275 g/mol. The van der Waals surface area contributed by atoms with E-state index in [9.17, 15) is 14.7 Å². The maximum absolute atomic E-state index is 11.3. The summed E-state index contributed by atoms with van der Waals surface area (Å²) >= 11 is 9.47. The second-order valence-corrected chi connectivity index (χ2v) is 4.19. The van der Waals surface area contributed by atoms with E-state index in [1.165, 1.54) is 0 Å². The summed E-state index contributed by atoms with van der Waals surface area (Å²) in [5.41, 5.74) is 0.569. The Balaban J connectivity index is 3.17. The molecule has 1 unspecified atom stereocenters. The Morgan fingerprint density at radius 1 is 1.41 bits per heavy atom. The molecule has 0 aliphatic rings. The molecule has 0 aliphatic carbocycles. The minimum absolute atomic E-state index is 0.0163. The van der Waals surface area contributed by atoms with Gasteiger partial charge < -0.3 is 10.2 Å². The van der Waals surface area contributed by atoms with Gasteiger partial charge in [0.25, 0.3) is 0 Å². The molecule has 1 atom stereocenters. The molecule has 0 amide bonds. The Kier molecular flexibility index (Phi) is 4.99. The summed E-state index contributed by atoms with van der Waals surface area (Å²) < 4.78 is 0. The van der Waals surface area contributed by atoms with Gasteiger partial charge in [0.1, 0.15) is 0 Å². The number of carboxylic acid groups (broad SMARTS) is 1. The summed E-state index contributed by atoms with van der Waals surface area (Å²) in [5.74, 6) is -1.78. The first-order valence-electron chi connectivity index (χ1n) is 4.76. The smallest absolute Gasteiger partial charge is 0.337 e. The molecule has 1 aromatic carbocycles. The summed E-state index contributed by atoms with van der Waals surface area (Å²) in [6.07, 6.45) is -1.71. The fourth-order valence-corrected chi connectivity index (χ4v) is 1.90. The fourth-order valence-electron chi connectivity index (χ4n) is 1.45. The third-order valence-electron chi connectivity index (χ3n) is 2.22. The molecule has 0 saturated heterocycles. The highest BCUT2D eigenvalue weighted by Gasteiger charge is 2.22. The highest BCUT2D eigenvalue weighted by atomic mass is 35.5. The monoisotopic (exact) mass is 274 g/mol. The van der Waals surface area contributed by atoms with Crippen LogP contribution < -0.4 is 0 Å². The number of carbonyl (C=O) groups is 2. The summed E-state index contributed by atoms with van der Waals surface area (Å²) in [6, 6.07) is 4.77. The fraction of sp³-hybridized carbons (Fsp3) is 0.273. The van der Waals surface area contributed by atoms with Gasteiger partial charge in [-0.1, -0.05) is 12.1 Å². The number of aliphatic hydroxyl groups is 1. The highest BCUT2D eigenvalue weighted by Crippen LogP contribution is 2.26. The summed E-state index contributed by atoms with van der Waals surface area (Å²) in [5, 5.41) is 18.3. The van der Waals surface area contributed by atoms with E-state index in [1.54, 1.807) is 18.2 Å². The van der Waals surface area contributed by atoms with E-state index in [0.29, 0.717) is 10.5 Å². The van der Waals surface area contributed by atoms with Gasteiger partial charge in [-0.05, 0) is 11.6 Å². The SMILES string of the molecule is O=C(CCl)Cc1cccc(S)c1C(O)C(=O)O. The predicted molar refractivity (Wildman–Crippen MR) is 65.7 cm³/mol. The van der Waals surface area contributed by atoms with Crippen LogP contribution in [0.15, 0.2) is 23.1 Å². The van der Waals surface area contributed by atoms with E-state index in [-0.39, 0.29) is 23.6 Å². The number of benzene rings is 1. The molecule has 4 nitrogen and oxygen atoms in total. The predicted octanol–water partition coefficient (Wildman–Crippen LogP) is 1.44. The van der Waals surface area contributed by atoms with Crippen molar-refractivity contribution in [2.24, 2.45) is 0 Å². The standard InChI is InChI=1S/C11H11ClO4S/c12-5-7(13)4-6-2-1-3-8(17)9(6)10(14)11(15)16/h1-3,10,14,17H,4-5H2,(H,15,16). The van der Waals surface area contributed by atoms with Crippen LogP contribution in [0.2, 0.25) is 0 Å². The third-order valence-corrected chi connectivity index (χ3v) is 2.91. The molecule has 0 bridgehead atoms. The van der Waals surface area contributed by atoms with Gasteiger partial charge in [0.15, 0.2) is 11.9 Å². The minimum atomic E-state index is -1.69. The van der Waals surface area contributed by atoms with Gasteiger partial charge in [-0.2, -0.15) is 0 Å². The number of alkyl halides is 1. The molecule has 0 radical (unpaired) electrons. The van der Waals surface area contributed by atoms with Gasteiger partial charge in [0.2, 0.25) is 0 Å². The molecule has 0 spiro atoms. The van der Waals surface area contributed by atoms with Gasteiger partial charge in [0, 0.05) is 16.9 Å². The number of thiol groups is 1. The van der Waals surface area contributed by atoms with Gasteiger partial charge >= 0.3 is 5.97 Å². The molecule has 17 heavy (non-hydrogen) atoms. The number of rotatable bonds is 5. The number of aliphatic carboxylic acids is 1. The lowest BCUT2D eigenvalue weighted by molar-refractivity contribution is -0.147. The first-order valence-corrected chi connectivity index (χ1v) is 5.74. The number of hydrogen-bond acceptors (Lipinski definition) is 4. The first kappa shape index (κ1) is 14.0. The zero-order chi connectivity index (χ0) is 13.0. The molecule has 2 N–H and O–H groups in total. The van der Waals surface area contributed by atoms with Crippen LogP contribution in [0.4, 0.5) is 0 Å². The second-order valence-electron chi connectivity index (χ2n) is 3.44. The molecule has 0 fully saturated rings. The zero-order valence-electron chi connectivity index (χ0n) is 8.76. The molecule has 1 rings (SSSR count). The Morgan fingerprint density at radius 3 is 2.59 bits per heavy atom. The molecule has 0 heterocycles. The quantitative estimate of drug-likeness (QED) is 0.561. The minimum Gasteiger partial charge on any atom is -0.479 e. The number of hydrogen-bond donors (Lipinski definition) is 3. The summed E-state index contributed by atoms with van der Waals surface area (Å²) in [7, 11) is 0. The van der Waals surface area contributed by atoms with E-state index >= 15 is 0 Å². The van der Waals surface area contributed by atoms with Gasteiger partial charge in [0.05, 0.1) is 5.88 Å². The van der Waals surface area contributed by atoms with Crippen molar-refractivity contribution < 1.29 is 19.8 Å². The van der Waals surface area contributed by atoms with E-state index in [4.69, 9.17) is 16.7 Å². The van der Waals surface area contributed by atoms with Gasteiger partial charge in [-0.3, -0.25) is 4.79 Å². The topological polar surface area (TPSA) is 74.6 Å². The molecular formula is C11H11ClO4S. The number of aliphatic hydroxyl groups excluding tert-OH is 1. The molecular weight excluding hydrogens is 264 g/mol. The normalized spacial score (nSPS) is 12.2.